The summed E-state index contributed by atoms with van der Waals surface area (Å²) >= 11 is 1.48. The van der Waals surface area contributed by atoms with Crippen molar-refractivity contribution in [3.63, 3.8) is 0 Å². The number of aromatic nitrogens is 4. The van der Waals surface area contributed by atoms with E-state index in [4.69, 9.17) is 0 Å². The van der Waals surface area contributed by atoms with E-state index in [1.54, 1.807) is 0 Å². The minimum atomic E-state index is -4.48. The summed E-state index contributed by atoms with van der Waals surface area (Å²) in [5.74, 6) is 0.341. The number of rotatable bonds is 3. The van der Waals surface area contributed by atoms with Crippen LogP contribution in [0.2, 0.25) is 0 Å². The highest BCUT2D eigenvalue weighted by Crippen LogP contribution is 2.30. The average molecular weight is 313 g/mol. The lowest BCUT2D eigenvalue weighted by atomic mass is 10.3. The quantitative estimate of drug-likeness (QED) is 0.807. The van der Waals surface area contributed by atoms with Crippen molar-refractivity contribution >= 4 is 22.7 Å². The molecule has 0 bridgehead atoms. The fourth-order valence-corrected chi connectivity index (χ4v) is 2.55. The molecule has 5 nitrogen and oxygen atoms in total. The third-order valence-corrected chi connectivity index (χ3v) is 3.72. The molecule has 0 fully saturated rings. The van der Waals surface area contributed by atoms with Gasteiger partial charge in [0, 0.05) is 29.5 Å². The van der Waals surface area contributed by atoms with Crippen LogP contribution in [0.1, 0.15) is 16.4 Å². The van der Waals surface area contributed by atoms with Crippen LogP contribution < -0.4 is 5.32 Å². The van der Waals surface area contributed by atoms with Gasteiger partial charge in [-0.05, 0) is 6.92 Å². The van der Waals surface area contributed by atoms with Crippen LogP contribution in [-0.2, 0) is 12.7 Å². The Kier molecular flexibility index (Phi) is 3.28. The minimum absolute atomic E-state index is 0.276. The lowest BCUT2D eigenvalue weighted by Crippen LogP contribution is -2.05. The number of hydrogen-bond donors (Lipinski definition) is 1. The van der Waals surface area contributed by atoms with E-state index in [-0.39, 0.29) is 5.52 Å². The van der Waals surface area contributed by atoms with E-state index in [9.17, 15) is 13.2 Å². The van der Waals surface area contributed by atoms with E-state index in [1.807, 2.05) is 12.3 Å². The van der Waals surface area contributed by atoms with Crippen molar-refractivity contribution in [3.05, 3.63) is 40.2 Å². The number of nitrogens with zero attached hydrogens (tertiary/aromatic N) is 4. The highest BCUT2D eigenvalue weighted by molar-refractivity contribution is 7.09. The summed E-state index contributed by atoms with van der Waals surface area (Å²) in [6.07, 6.45) is -1.70. The van der Waals surface area contributed by atoms with Crippen LogP contribution in [0.15, 0.2) is 23.8 Å². The Labute approximate surface area is 121 Å². The number of fused-ring (bicyclic) bond motifs is 1. The summed E-state index contributed by atoms with van der Waals surface area (Å²) in [6.45, 7) is 2.28. The first kappa shape index (κ1) is 13.8. The van der Waals surface area contributed by atoms with Gasteiger partial charge in [0.15, 0.2) is 11.5 Å². The van der Waals surface area contributed by atoms with Crippen LogP contribution in [0.3, 0.4) is 0 Å². The summed E-state index contributed by atoms with van der Waals surface area (Å²) in [6, 6.07) is 0.975. The van der Waals surface area contributed by atoms with Crippen LogP contribution in [-0.4, -0.2) is 19.6 Å². The zero-order valence-corrected chi connectivity index (χ0v) is 11.7. The summed E-state index contributed by atoms with van der Waals surface area (Å²) in [5, 5.41) is 9.24. The second-order valence-corrected chi connectivity index (χ2v) is 5.31. The van der Waals surface area contributed by atoms with Crippen molar-refractivity contribution in [2.24, 2.45) is 0 Å². The van der Waals surface area contributed by atoms with Crippen molar-refractivity contribution < 1.29 is 13.2 Å². The molecule has 21 heavy (non-hydrogen) atoms. The number of nitrogens with one attached hydrogen (secondary N) is 1. The van der Waals surface area contributed by atoms with Gasteiger partial charge in [-0.25, -0.2) is 14.5 Å². The van der Waals surface area contributed by atoms with Crippen LogP contribution in [0, 0.1) is 6.92 Å². The highest BCUT2D eigenvalue weighted by atomic mass is 32.1. The Morgan fingerprint density at radius 2 is 2.19 bits per heavy atom. The molecule has 0 aliphatic rings. The zero-order chi connectivity index (χ0) is 15.0. The maximum Gasteiger partial charge on any atom is 0.435 e. The molecule has 0 radical (unpaired) electrons. The molecule has 0 atom stereocenters. The number of hydrogen-bond acceptors (Lipinski definition) is 5. The standard InChI is InChI=1S/C12H10F3N5S/c1-7-6-21-10(18-7)5-17-11-8-4-9(12(13,14)15)19-20(8)3-2-16-11/h2-4,6H,5H2,1H3,(H,16,17). The number of alkyl halides is 3. The van der Waals surface area contributed by atoms with Crippen LogP contribution in [0.25, 0.3) is 5.52 Å². The molecule has 3 heterocycles. The van der Waals surface area contributed by atoms with Crippen LogP contribution in [0.5, 0.6) is 0 Å². The summed E-state index contributed by atoms with van der Waals surface area (Å²) in [7, 11) is 0. The number of anilines is 1. The van der Waals surface area contributed by atoms with Crippen LogP contribution in [0.4, 0.5) is 19.0 Å². The van der Waals surface area contributed by atoms with Gasteiger partial charge in [0.1, 0.15) is 10.5 Å². The predicted molar refractivity (Wildman–Crippen MR) is 72.2 cm³/mol. The smallest absolute Gasteiger partial charge is 0.362 e. The second kappa shape index (κ2) is 4.99. The van der Waals surface area contributed by atoms with Crippen molar-refractivity contribution in [3.8, 4) is 0 Å². The fourth-order valence-electron chi connectivity index (χ4n) is 1.84. The molecule has 0 aliphatic heterocycles. The van der Waals surface area contributed by atoms with E-state index in [1.165, 1.54) is 23.7 Å². The van der Waals surface area contributed by atoms with Gasteiger partial charge in [0.25, 0.3) is 0 Å². The van der Waals surface area contributed by atoms with Gasteiger partial charge >= 0.3 is 6.18 Å². The molecule has 3 rings (SSSR count). The van der Waals surface area contributed by atoms with E-state index >= 15 is 0 Å². The molecule has 3 aromatic rings. The molecule has 0 unspecified atom stereocenters. The molecule has 1 N–H and O–H groups in total. The molecular formula is C12H10F3N5S. The van der Waals surface area contributed by atoms with Crippen LogP contribution >= 0.6 is 11.3 Å². The molecule has 110 valence electrons. The van der Waals surface area contributed by atoms with Gasteiger partial charge in [0.05, 0.1) is 6.54 Å². The Morgan fingerprint density at radius 3 is 2.86 bits per heavy atom. The first-order chi connectivity index (χ1) is 9.93. The number of thiazole rings is 1. The highest BCUT2D eigenvalue weighted by Gasteiger charge is 2.34. The molecule has 0 amide bonds. The number of halogens is 3. The molecular weight excluding hydrogens is 303 g/mol. The van der Waals surface area contributed by atoms with E-state index in [0.29, 0.717) is 12.4 Å². The molecule has 9 heteroatoms. The summed E-state index contributed by atoms with van der Waals surface area (Å²) < 4.78 is 39.2. The Hall–Kier alpha value is -2.16. The van der Waals surface area contributed by atoms with Crippen molar-refractivity contribution in [2.75, 3.05) is 5.32 Å². The van der Waals surface area contributed by atoms with E-state index in [2.05, 4.69) is 20.4 Å². The molecule has 3 aromatic heterocycles. The lowest BCUT2D eigenvalue weighted by molar-refractivity contribution is -0.141. The average Bonchev–Trinajstić information content (AvgIpc) is 3.01. The maximum atomic E-state index is 12.7. The monoisotopic (exact) mass is 313 g/mol. The third kappa shape index (κ3) is 2.82. The first-order valence-electron chi connectivity index (χ1n) is 6.00. The normalized spacial score (nSPS) is 12.0. The molecule has 0 saturated carbocycles. The second-order valence-electron chi connectivity index (χ2n) is 4.37. The lowest BCUT2D eigenvalue weighted by Gasteiger charge is -2.04. The Bertz CT molecular complexity index is 777. The van der Waals surface area contributed by atoms with Gasteiger partial charge < -0.3 is 5.32 Å². The SMILES string of the molecule is Cc1csc(CNc2nccn3nc(C(F)(F)F)cc23)n1. The van der Waals surface area contributed by atoms with E-state index in [0.717, 1.165) is 21.3 Å². The Morgan fingerprint density at radius 1 is 1.38 bits per heavy atom. The van der Waals surface area contributed by atoms with Gasteiger partial charge in [-0.2, -0.15) is 18.3 Å². The van der Waals surface area contributed by atoms with Gasteiger partial charge in [-0.1, -0.05) is 0 Å². The molecule has 0 aliphatic carbocycles. The zero-order valence-electron chi connectivity index (χ0n) is 10.8. The van der Waals surface area contributed by atoms with E-state index < -0.39 is 11.9 Å². The number of aryl methyl sites for hydroxylation is 1. The topological polar surface area (TPSA) is 55.1 Å². The van der Waals surface area contributed by atoms with Crippen molar-refractivity contribution in [1.82, 2.24) is 19.6 Å². The first-order valence-corrected chi connectivity index (χ1v) is 6.88. The summed E-state index contributed by atoms with van der Waals surface area (Å²) in [4.78, 5) is 8.34. The molecule has 0 aromatic carbocycles. The Balaban J connectivity index is 1.89. The van der Waals surface area contributed by atoms with Crippen molar-refractivity contribution in [1.29, 1.82) is 0 Å². The summed E-state index contributed by atoms with van der Waals surface area (Å²) in [5.41, 5.74) is 0.244. The van der Waals surface area contributed by atoms with Gasteiger partial charge in [0.2, 0.25) is 0 Å². The maximum absolute atomic E-state index is 12.7. The van der Waals surface area contributed by atoms with Gasteiger partial charge in [-0.3, -0.25) is 0 Å². The minimum Gasteiger partial charge on any atom is -0.362 e. The largest absolute Gasteiger partial charge is 0.435 e. The molecule has 0 spiro atoms. The third-order valence-electron chi connectivity index (χ3n) is 2.75. The molecule has 0 saturated heterocycles. The predicted octanol–water partition coefficient (Wildman–Crippen LogP) is 3.13. The van der Waals surface area contributed by atoms with Gasteiger partial charge in [-0.15, -0.1) is 11.3 Å². The van der Waals surface area contributed by atoms with Crippen molar-refractivity contribution in [2.45, 2.75) is 19.6 Å². The fraction of sp³-hybridized carbons (Fsp3) is 0.250.